The van der Waals surface area contributed by atoms with Crippen LogP contribution in [0.5, 0.6) is 0 Å². The molecule has 0 amide bonds. The zero-order chi connectivity index (χ0) is 17.1. The van der Waals surface area contributed by atoms with Gasteiger partial charge in [-0.1, -0.05) is 18.2 Å². The molecule has 0 radical (unpaired) electrons. The average Bonchev–Trinajstić information content (AvgIpc) is 2.58. The molecule has 0 bridgehead atoms. The number of hydrogen-bond acceptors (Lipinski definition) is 5. The van der Waals surface area contributed by atoms with Gasteiger partial charge in [0.05, 0.1) is 21.7 Å². The van der Waals surface area contributed by atoms with Crippen molar-refractivity contribution in [2.24, 2.45) is 0 Å². The van der Waals surface area contributed by atoms with Crippen molar-refractivity contribution >= 4 is 28.2 Å². The number of benzene rings is 2. The van der Waals surface area contributed by atoms with Crippen LogP contribution in [0.15, 0.2) is 42.5 Å². The fourth-order valence-corrected chi connectivity index (χ4v) is 3.34. The van der Waals surface area contributed by atoms with Gasteiger partial charge in [0.2, 0.25) is 0 Å². The number of fused-ring (bicyclic) bond motifs is 3. The summed E-state index contributed by atoms with van der Waals surface area (Å²) < 4.78 is 0. The summed E-state index contributed by atoms with van der Waals surface area (Å²) in [5, 5.41) is 11.0. The summed E-state index contributed by atoms with van der Waals surface area (Å²) in [5.74, 6) is 0.792. The molecule has 0 saturated heterocycles. The highest BCUT2D eigenvalue weighted by Gasteiger charge is 2.37. The Morgan fingerprint density at radius 1 is 1.08 bits per heavy atom. The van der Waals surface area contributed by atoms with Gasteiger partial charge in [0.25, 0.3) is 5.69 Å². The van der Waals surface area contributed by atoms with E-state index in [9.17, 15) is 10.1 Å². The molecule has 6 heteroatoms. The lowest BCUT2D eigenvalue weighted by Gasteiger charge is -2.38. The minimum absolute atomic E-state index is 0.0270. The van der Waals surface area contributed by atoms with Gasteiger partial charge in [0, 0.05) is 30.3 Å². The number of rotatable bonds is 1. The molecule has 4 rings (SSSR count). The van der Waals surface area contributed by atoms with Crippen molar-refractivity contribution in [2.45, 2.75) is 19.3 Å². The predicted octanol–water partition coefficient (Wildman–Crippen LogP) is 3.95. The molecule has 0 unspecified atom stereocenters. The van der Waals surface area contributed by atoms with Gasteiger partial charge in [-0.3, -0.25) is 10.1 Å². The standard InChI is InChI=1S/C18H16N4O2/c1-18(2)12-6-4-5-7-15(12)21(3)17-16(18)19-14-10-11(22(23)24)8-9-13(14)20-17/h4-10H,1-3H3. The topological polar surface area (TPSA) is 72.2 Å². The molecular formula is C18H16N4O2. The quantitative estimate of drug-likeness (QED) is 0.501. The smallest absolute Gasteiger partial charge is 0.271 e. The van der Waals surface area contributed by atoms with Crippen LogP contribution in [0.25, 0.3) is 11.0 Å². The van der Waals surface area contributed by atoms with Crippen molar-refractivity contribution < 1.29 is 4.92 Å². The van der Waals surface area contributed by atoms with Gasteiger partial charge in [-0.2, -0.15) is 0 Å². The van der Waals surface area contributed by atoms with Gasteiger partial charge in [-0.15, -0.1) is 0 Å². The first-order valence-electron chi connectivity index (χ1n) is 7.69. The lowest BCUT2D eigenvalue weighted by atomic mass is 9.77. The molecule has 0 saturated carbocycles. The van der Waals surface area contributed by atoms with Gasteiger partial charge < -0.3 is 4.90 Å². The first-order valence-corrected chi connectivity index (χ1v) is 7.69. The Bertz CT molecular complexity index is 997. The van der Waals surface area contributed by atoms with Crippen LogP contribution >= 0.6 is 0 Å². The van der Waals surface area contributed by atoms with Crippen LogP contribution in [0.1, 0.15) is 25.1 Å². The van der Waals surface area contributed by atoms with E-state index >= 15 is 0 Å². The Hall–Kier alpha value is -3.02. The van der Waals surface area contributed by atoms with Gasteiger partial charge in [-0.05, 0) is 31.5 Å². The molecule has 0 spiro atoms. The van der Waals surface area contributed by atoms with E-state index in [1.54, 1.807) is 6.07 Å². The summed E-state index contributed by atoms with van der Waals surface area (Å²) in [5.41, 5.74) is 4.00. The zero-order valence-corrected chi connectivity index (χ0v) is 13.6. The third-order valence-corrected chi connectivity index (χ3v) is 4.69. The second-order valence-electron chi connectivity index (χ2n) is 6.53. The van der Waals surface area contributed by atoms with Crippen LogP contribution < -0.4 is 4.90 Å². The molecule has 0 fully saturated rings. The first-order chi connectivity index (χ1) is 11.4. The highest BCUT2D eigenvalue weighted by molar-refractivity contribution is 5.83. The SMILES string of the molecule is CN1c2ccccc2C(C)(C)c2nc3cc([N+](=O)[O-])ccc3nc21. The Balaban J connectivity index is 2.02. The van der Waals surface area contributed by atoms with E-state index in [1.807, 2.05) is 24.1 Å². The molecule has 2 heterocycles. The number of hydrogen-bond donors (Lipinski definition) is 0. The summed E-state index contributed by atoms with van der Waals surface area (Å²) in [6.07, 6.45) is 0. The maximum Gasteiger partial charge on any atom is 0.271 e. The lowest BCUT2D eigenvalue weighted by molar-refractivity contribution is -0.384. The number of nitro benzene ring substituents is 1. The van der Waals surface area contributed by atoms with E-state index in [1.165, 1.54) is 17.7 Å². The number of para-hydroxylation sites is 1. The molecule has 24 heavy (non-hydrogen) atoms. The minimum Gasteiger partial charge on any atom is -0.328 e. The summed E-state index contributed by atoms with van der Waals surface area (Å²) in [6.45, 7) is 4.21. The lowest BCUT2D eigenvalue weighted by Crippen LogP contribution is -2.32. The number of nitro groups is 1. The molecule has 1 aliphatic rings. The molecule has 0 atom stereocenters. The van der Waals surface area contributed by atoms with Crippen LogP contribution in [-0.2, 0) is 5.41 Å². The van der Waals surface area contributed by atoms with E-state index in [-0.39, 0.29) is 11.1 Å². The van der Waals surface area contributed by atoms with E-state index in [2.05, 4.69) is 26.0 Å². The van der Waals surface area contributed by atoms with Crippen LogP contribution in [0, 0.1) is 10.1 Å². The average molecular weight is 320 g/mol. The number of non-ortho nitro benzene ring substituents is 1. The zero-order valence-electron chi connectivity index (χ0n) is 13.6. The summed E-state index contributed by atoms with van der Waals surface area (Å²) in [4.78, 5) is 22.1. The maximum atomic E-state index is 11.0. The Morgan fingerprint density at radius 2 is 1.83 bits per heavy atom. The van der Waals surface area contributed by atoms with Gasteiger partial charge >= 0.3 is 0 Å². The van der Waals surface area contributed by atoms with Gasteiger partial charge in [0.15, 0.2) is 5.82 Å². The molecule has 0 aliphatic carbocycles. The summed E-state index contributed by atoms with van der Waals surface area (Å²) in [7, 11) is 1.97. The van der Waals surface area contributed by atoms with Crippen molar-refractivity contribution in [1.29, 1.82) is 0 Å². The van der Waals surface area contributed by atoms with Gasteiger partial charge in [0.1, 0.15) is 0 Å². The number of aromatic nitrogens is 2. The molecule has 6 nitrogen and oxygen atoms in total. The summed E-state index contributed by atoms with van der Waals surface area (Å²) >= 11 is 0. The fraction of sp³-hybridized carbons (Fsp3) is 0.222. The second-order valence-corrected chi connectivity index (χ2v) is 6.53. The Morgan fingerprint density at radius 3 is 2.58 bits per heavy atom. The third kappa shape index (κ3) is 1.89. The molecular weight excluding hydrogens is 304 g/mol. The van der Waals surface area contributed by atoms with E-state index < -0.39 is 4.92 Å². The van der Waals surface area contributed by atoms with Crippen molar-refractivity contribution in [3.05, 3.63) is 63.8 Å². The normalized spacial score (nSPS) is 15.0. The van der Waals surface area contributed by atoms with Crippen LogP contribution in [0.2, 0.25) is 0 Å². The monoisotopic (exact) mass is 320 g/mol. The highest BCUT2D eigenvalue weighted by Crippen LogP contribution is 2.46. The van der Waals surface area contributed by atoms with E-state index in [0.717, 1.165) is 17.2 Å². The van der Waals surface area contributed by atoms with Crippen LogP contribution in [0.4, 0.5) is 17.2 Å². The van der Waals surface area contributed by atoms with Crippen LogP contribution in [-0.4, -0.2) is 21.9 Å². The predicted molar refractivity (Wildman–Crippen MR) is 92.8 cm³/mol. The van der Waals surface area contributed by atoms with Crippen molar-refractivity contribution in [1.82, 2.24) is 9.97 Å². The molecule has 1 aromatic heterocycles. The molecule has 2 aromatic carbocycles. The molecule has 1 aliphatic heterocycles. The Kier molecular flexibility index (Phi) is 2.87. The maximum absolute atomic E-state index is 11.0. The van der Waals surface area contributed by atoms with Crippen LogP contribution in [0.3, 0.4) is 0 Å². The summed E-state index contributed by atoms with van der Waals surface area (Å²) in [6, 6.07) is 12.8. The molecule has 0 N–H and O–H groups in total. The second kappa shape index (κ2) is 4.74. The third-order valence-electron chi connectivity index (χ3n) is 4.69. The minimum atomic E-state index is -0.410. The fourth-order valence-electron chi connectivity index (χ4n) is 3.34. The largest absolute Gasteiger partial charge is 0.328 e. The Labute approximate surface area is 138 Å². The van der Waals surface area contributed by atoms with E-state index in [4.69, 9.17) is 9.97 Å². The van der Waals surface area contributed by atoms with Gasteiger partial charge in [-0.25, -0.2) is 9.97 Å². The van der Waals surface area contributed by atoms with Crippen molar-refractivity contribution in [3.63, 3.8) is 0 Å². The molecule has 120 valence electrons. The number of anilines is 2. The van der Waals surface area contributed by atoms with E-state index in [0.29, 0.717) is 11.0 Å². The molecule has 3 aromatic rings. The van der Waals surface area contributed by atoms with Crippen molar-refractivity contribution in [3.8, 4) is 0 Å². The first kappa shape index (κ1) is 14.6. The van der Waals surface area contributed by atoms with Crippen molar-refractivity contribution in [2.75, 3.05) is 11.9 Å². The number of nitrogens with zero attached hydrogens (tertiary/aromatic N) is 4. The highest BCUT2D eigenvalue weighted by atomic mass is 16.6.